The Hall–Kier alpha value is -3.15. The molecule has 5 N–H and O–H groups in total. The van der Waals surface area contributed by atoms with Crippen LogP contribution in [0.25, 0.3) is 11.1 Å². The number of nitrogens with one attached hydrogen (secondary N) is 2. The smallest absolute Gasteiger partial charge is 0.255 e. The van der Waals surface area contributed by atoms with Crippen LogP contribution in [0.5, 0.6) is 0 Å². The zero-order chi connectivity index (χ0) is 33.5. The SMILES string of the molecule is C[C@H](CCNCc1ccc(C(=O)Nc2ccc(-c3ccccc3)cc2N)cc1)C1CCC2C3C(O)CC4CCCCC4(C)C3CCC21C. The topological polar surface area (TPSA) is 87.4 Å². The van der Waals surface area contributed by atoms with Gasteiger partial charge in [0.25, 0.3) is 5.91 Å². The molecule has 0 bridgehead atoms. The highest BCUT2D eigenvalue weighted by Crippen LogP contribution is 2.68. The van der Waals surface area contributed by atoms with Gasteiger partial charge in [0.05, 0.1) is 17.5 Å². The Morgan fingerprint density at radius 3 is 2.44 bits per heavy atom. The van der Waals surface area contributed by atoms with E-state index >= 15 is 0 Å². The minimum Gasteiger partial charge on any atom is -0.397 e. The van der Waals surface area contributed by atoms with Crippen molar-refractivity contribution in [2.75, 3.05) is 17.6 Å². The van der Waals surface area contributed by atoms with Gasteiger partial charge in [0.2, 0.25) is 0 Å². The molecule has 8 unspecified atom stereocenters. The Bertz CT molecular complexity index is 1570. The second-order valence-corrected chi connectivity index (χ2v) is 16.5. The molecule has 4 saturated carbocycles. The molecule has 256 valence electrons. The van der Waals surface area contributed by atoms with Crippen LogP contribution in [-0.2, 0) is 6.54 Å². The number of amides is 1. The van der Waals surface area contributed by atoms with Gasteiger partial charge < -0.3 is 21.5 Å². The Kier molecular flexibility index (Phi) is 9.47. The molecule has 48 heavy (non-hydrogen) atoms. The van der Waals surface area contributed by atoms with E-state index in [-0.39, 0.29) is 12.0 Å². The summed E-state index contributed by atoms with van der Waals surface area (Å²) in [5.41, 5.74) is 12.2. The Labute approximate surface area is 288 Å². The van der Waals surface area contributed by atoms with E-state index in [4.69, 9.17) is 5.73 Å². The number of hydrogen-bond acceptors (Lipinski definition) is 4. The second-order valence-electron chi connectivity index (χ2n) is 16.5. The van der Waals surface area contributed by atoms with Gasteiger partial charge in [-0.05, 0) is 145 Å². The molecule has 1 amide bonds. The number of anilines is 2. The van der Waals surface area contributed by atoms with Gasteiger partial charge in [0.15, 0.2) is 0 Å². The molecule has 0 radical (unpaired) electrons. The van der Waals surface area contributed by atoms with Crippen molar-refractivity contribution in [1.82, 2.24) is 5.32 Å². The predicted molar refractivity (Wildman–Crippen MR) is 197 cm³/mol. The average Bonchev–Trinajstić information content (AvgIpc) is 3.45. The van der Waals surface area contributed by atoms with Crippen LogP contribution < -0.4 is 16.4 Å². The van der Waals surface area contributed by atoms with Gasteiger partial charge in [-0.1, -0.05) is 82.1 Å². The van der Waals surface area contributed by atoms with Crippen molar-refractivity contribution in [2.45, 2.75) is 97.6 Å². The number of benzene rings is 3. The van der Waals surface area contributed by atoms with Crippen molar-refractivity contribution >= 4 is 17.3 Å². The van der Waals surface area contributed by atoms with Crippen LogP contribution in [0, 0.1) is 46.3 Å². The number of nitrogen functional groups attached to an aromatic ring is 1. The number of fused-ring (bicyclic) bond motifs is 5. The molecule has 5 nitrogen and oxygen atoms in total. The molecule has 0 heterocycles. The first-order valence-electron chi connectivity index (χ1n) is 18.9. The van der Waals surface area contributed by atoms with E-state index in [9.17, 15) is 9.90 Å². The van der Waals surface area contributed by atoms with Crippen molar-refractivity contribution in [3.63, 3.8) is 0 Å². The first-order valence-corrected chi connectivity index (χ1v) is 18.9. The summed E-state index contributed by atoms with van der Waals surface area (Å²) in [6.07, 6.45) is 12.9. The van der Waals surface area contributed by atoms with Gasteiger partial charge in [-0.2, -0.15) is 0 Å². The lowest BCUT2D eigenvalue weighted by Gasteiger charge is -2.62. The van der Waals surface area contributed by atoms with Gasteiger partial charge in [-0.15, -0.1) is 0 Å². The quantitative estimate of drug-likeness (QED) is 0.138. The van der Waals surface area contributed by atoms with Crippen molar-refractivity contribution in [3.05, 3.63) is 83.9 Å². The highest BCUT2D eigenvalue weighted by molar-refractivity contribution is 6.06. The first kappa shape index (κ1) is 33.4. The number of hydrogen-bond donors (Lipinski definition) is 4. The molecule has 9 atom stereocenters. The molecule has 4 aliphatic carbocycles. The second kappa shape index (κ2) is 13.6. The van der Waals surface area contributed by atoms with Gasteiger partial charge in [-0.3, -0.25) is 4.79 Å². The summed E-state index contributed by atoms with van der Waals surface area (Å²) in [6.45, 7) is 9.48. The van der Waals surface area contributed by atoms with Crippen LogP contribution in [0.3, 0.4) is 0 Å². The molecule has 5 heteroatoms. The van der Waals surface area contributed by atoms with Crippen molar-refractivity contribution in [1.29, 1.82) is 0 Å². The van der Waals surface area contributed by atoms with E-state index in [1.54, 1.807) is 0 Å². The van der Waals surface area contributed by atoms with Gasteiger partial charge in [0.1, 0.15) is 0 Å². The minimum atomic E-state index is -0.159. The van der Waals surface area contributed by atoms with Crippen molar-refractivity contribution < 1.29 is 9.90 Å². The number of nitrogens with two attached hydrogens (primary N) is 1. The fourth-order valence-corrected chi connectivity index (χ4v) is 11.4. The lowest BCUT2D eigenvalue weighted by molar-refractivity contribution is -0.164. The summed E-state index contributed by atoms with van der Waals surface area (Å²) >= 11 is 0. The average molecular weight is 648 g/mol. The molecule has 0 saturated heterocycles. The number of rotatable bonds is 9. The summed E-state index contributed by atoms with van der Waals surface area (Å²) in [4.78, 5) is 13.0. The molecule has 4 fully saturated rings. The highest BCUT2D eigenvalue weighted by atomic mass is 16.3. The maximum Gasteiger partial charge on any atom is 0.255 e. The monoisotopic (exact) mass is 647 g/mol. The third-order valence-electron chi connectivity index (χ3n) is 14.1. The van der Waals surface area contributed by atoms with E-state index < -0.39 is 0 Å². The maximum atomic E-state index is 13.0. The number of carbonyl (C=O) groups is 1. The predicted octanol–water partition coefficient (Wildman–Crippen LogP) is 9.32. The number of aliphatic hydroxyl groups excluding tert-OH is 1. The molecular weight excluding hydrogens is 590 g/mol. The largest absolute Gasteiger partial charge is 0.397 e. The third kappa shape index (κ3) is 6.22. The molecule has 4 aliphatic rings. The fourth-order valence-electron chi connectivity index (χ4n) is 11.4. The zero-order valence-electron chi connectivity index (χ0n) is 29.4. The summed E-state index contributed by atoms with van der Waals surface area (Å²) in [6, 6.07) is 23.7. The van der Waals surface area contributed by atoms with E-state index in [0.29, 0.717) is 45.5 Å². The normalized spacial score (nSPS) is 33.2. The molecular formula is C43H57N3O2. The Morgan fingerprint density at radius 2 is 1.67 bits per heavy atom. The van der Waals surface area contributed by atoms with Crippen LogP contribution in [-0.4, -0.2) is 23.7 Å². The molecule has 0 aromatic heterocycles. The lowest BCUT2D eigenvalue weighted by atomic mass is 9.44. The van der Waals surface area contributed by atoms with Crippen LogP contribution in [0.1, 0.15) is 101 Å². The van der Waals surface area contributed by atoms with Crippen LogP contribution in [0.4, 0.5) is 11.4 Å². The van der Waals surface area contributed by atoms with E-state index in [2.05, 4.69) is 31.4 Å². The van der Waals surface area contributed by atoms with Crippen LogP contribution in [0.2, 0.25) is 0 Å². The standard InChI is InChI=1S/C43H57N3O2/c1-28(34-17-18-35-40-36(20-23-43(34,35)3)42(2)22-8-7-11-33(42)26-39(40)47)21-24-45-27-29-12-14-31(15-13-29)41(48)46-38-19-16-32(25-37(38)44)30-9-5-4-6-10-30/h4-6,9-10,12-16,19,25,28,33-36,39-40,45,47H,7-8,11,17-18,20-24,26-27,44H2,1-3H3,(H,46,48)/t28-,33?,34?,35?,36?,39?,40?,42?,43?/m1/s1. The number of aliphatic hydroxyl groups is 1. The third-order valence-corrected chi connectivity index (χ3v) is 14.1. The Balaban J connectivity index is 0.891. The number of carbonyl (C=O) groups excluding carboxylic acids is 1. The van der Waals surface area contributed by atoms with Crippen molar-refractivity contribution in [2.24, 2.45) is 46.3 Å². The van der Waals surface area contributed by atoms with Gasteiger partial charge in [-0.25, -0.2) is 0 Å². The summed E-state index contributed by atoms with van der Waals surface area (Å²) < 4.78 is 0. The summed E-state index contributed by atoms with van der Waals surface area (Å²) in [5.74, 6) is 3.92. The molecule has 0 spiro atoms. The fraction of sp³-hybridized carbons (Fsp3) is 0.558. The first-order chi connectivity index (χ1) is 23.2. The van der Waals surface area contributed by atoms with Crippen LogP contribution >= 0.6 is 0 Å². The van der Waals surface area contributed by atoms with Crippen LogP contribution in [0.15, 0.2) is 72.8 Å². The summed E-state index contributed by atoms with van der Waals surface area (Å²) in [5, 5.41) is 18.2. The summed E-state index contributed by atoms with van der Waals surface area (Å²) in [7, 11) is 0. The Morgan fingerprint density at radius 1 is 0.896 bits per heavy atom. The molecule has 0 aliphatic heterocycles. The molecule has 3 aromatic carbocycles. The highest BCUT2D eigenvalue weighted by Gasteiger charge is 2.62. The molecule has 7 rings (SSSR count). The van der Waals surface area contributed by atoms with E-state index in [0.717, 1.165) is 48.4 Å². The minimum absolute atomic E-state index is 0.0893. The zero-order valence-corrected chi connectivity index (χ0v) is 29.4. The van der Waals surface area contributed by atoms with Gasteiger partial charge >= 0.3 is 0 Å². The maximum absolute atomic E-state index is 13.0. The van der Waals surface area contributed by atoms with Crippen molar-refractivity contribution in [3.8, 4) is 11.1 Å². The lowest BCUT2D eigenvalue weighted by Crippen LogP contribution is -2.57. The van der Waals surface area contributed by atoms with E-state index in [1.165, 1.54) is 63.4 Å². The van der Waals surface area contributed by atoms with E-state index in [1.807, 2.05) is 72.8 Å². The molecule has 3 aromatic rings. The van der Waals surface area contributed by atoms with Gasteiger partial charge in [0, 0.05) is 12.1 Å².